The van der Waals surface area contributed by atoms with Gasteiger partial charge in [0, 0.05) is 16.5 Å². The normalized spacial score (nSPS) is 10.4. The molecular formula is C11H15BrO3. The van der Waals surface area contributed by atoms with E-state index in [1.165, 1.54) is 0 Å². The van der Waals surface area contributed by atoms with E-state index in [1.54, 1.807) is 0 Å². The lowest BCUT2D eigenvalue weighted by atomic mass is 10.1. The van der Waals surface area contributed by atoms with Crippen LogP contribution in [0, 0.1) is 6.92 Å². The van der Waals surface area contributed by atoms with Gasteiger partial charge in [-0.1, -0.05) is 33.6 Å². The van der Waals surface area contributed by atoms with E-state index >= 15 is 0 Å². The Balaban J connectivity index is 3.06. The summed E-state index contributed by atoms with van der Waals surface area (Å²) in [4.78, 5) is 0. The summed E-state index contributed by atoms with van der Waals surface area (Å²) in [6.07, 6.45) is 0. The summed E-state index contributed by atoms with van der Waals surface area (Å²) < 4.78 is 5.49. The fourth-order valence-electron chi connectivity index (χ4n) is 1.49. The Hall–Kier alpha value is -0.580. The third-order valence-electron chi connectivity index (χ3n) is 2.05. The van der Waals surface area contributed by atoms with Gasteiger partial charge in [0.05, 0.1) is 19.8 Å². The molecule has 15 heavy (non-hydrogen) atoms. The first-order valence-electron chi connectivity index (χ1n) is 4.75. The highest BCUT2D eigenvalue weighted by molar-refractivity contribution is 9.09. The molecule has 1 rings (SSSR count). The van der Waals surface area contributed by atoms with Gasteiger partial charge in [0.25, 0.3) is 0 Å². The molecule has 4 heteroatoms. The topological polar surface area (TPSA) is 49.7 Å². The SMILES string of the molecule is Cc1cc(CO)c(OCCBr)c(CO)c1. The third kappa shape index (κ3) is 3.19. The predicted octanol–water partition coefficient (Wildman–Crippen LogP) is 1.75. The molecule has 0 heterocycles. The molecule has 0 aliphatic heterocycles. The first kappa shape index (κ1) is 12.5. The highest BCUT2D eigenvalue weighted by Gasteiger charge is 2.09. The van der Waals surface area contributed by atoms with Crippen molar-refractivity contribution in [2.24, 2.45) is 0 Å². The molecule has 0 amide bonds. The monoisotopic (exact) mass is 274 g/mol. The van der Waals surface area contributed by atoms with Crippen LogP contribution in [0.1, 0.15) is 16.7 Å². The number of alkyl halides is 1. The summed E-state index contributed by atoms with van der Waals surface area (Å²) in [6, 6.07) is 3.73. The summed E-state index contributed by atoms with van der Waals surface area (Å²) in [7, 11) is 0. The first-order chi connectivity index (χ1) is 7.22. The van der Waals surface area contributed by atoms with Crippen molar-refractivity contribution >= 4 is 15.9 Å². The second-order valence-corrected chi connectivity index (χ2v) is 4.06. The van der Waals surface area contributed by atoms with Crippen molar-refractivity contribution < 1.29 is 14.9 Å². The van der Waals surface area contributed by atoms with E-state index in [1.807, 2.05) is 19.1 Å². The summed E-state index contributed by atoms with van der Waals surface area (Å²) in [6.45, 7) is 2.29. The van der Waals surface area contributed by atoms with Crippen LogP contribution >= 0.6 is 15.9 Å². The fraction of sp³-hybridized carbons (Fsp3) is 0.455. The molecule has 0 bridgehead atoms. The molecule has 0 aromatic heterocycles. The van der Waals surface area contributed by atoms with E-state index in [0.29, 0.717) is 12.4 Å². The van der Waals surface area contributed by atoms with Crippen molar-refractivity contribution in [1.29, 1.82) is 0 Å². The molecule has 0 saturated heterocycles. The van der Waals surface area contributed by atoms with Crippen LogP contribution in [0.5, 0.6) is 5.75 Å². The van der Waals surface area contributed by atoms with E-state index in [2.05, 4.69) is 15.9 Å². The van der Waals surface area contributed by atoms with Crippen LogP contribution in [0.3, 0.4) is 0 Å². The number of aryl methyl sites for hydroxylation is 1. The maximum absolute atomic E-state index is 9.19. The summed E-state index contributed by atoms with van der Waals surface area (Å²) in [5, 5.41) is 19.1. The van der Waals surface area contributed by atoms with Crippen LogP contribution in [-0.2, 0) is 13.2 Å². The Labute approximate surface area is 97.8 Å². The van der Waals surface area contributed by atoms with Gasteiger partial charge >= 0.3 is 0 Å². The molecule has 1 aromatic rings. The minimum atomic E-state index is -0.0771. The Bertz CT molecular complexity index is 301. The van der Waals surface area contributed by atoms with Gasteiger partial charge in [-0.3, -0.25) is 0 Å². The van der Waals surface area contributed by atoms with Crippen LogP contribution in [-0.4, -0.2) is 22.2 Å². The van der Waals surface area contributed by atoms with Crippen molar-refractivity contribution in [3.05, 3.63) is 28.8 Å². The molecular weight excluding hydrogens is 260 g/mol. The molecule has 0 unspecified atom stereocenters. The van der Waals surface area contributed by atoms with Gasteiger partial charge in [-0.15, -0.1) is 0 Å². The van der Waals surface area contributed by atoms with E-state index in [9.17, 15) is 10.2 Å². The van der Waals surface area contributed by atoms with Crippen molar-refractivity contribution in [3.63, 3.8) is 0 Å². The van der Waals surface area contributed by atoms with E-state index < -0.39 is 0 Å². The Morgan fingerprint density at radius 1 is 1.20 bits per heavy atom. The summed E-state index contributed by atoms with van der Waals surface area (Å²) in [5.74, 6) is 0.602. The Morgan fingerprint density at radius 3 is 2.13 bits per heavy atom. The van der Waals surface area contributed by atoms with Crippen LogP contribution in [0.15, 0.2) is 12.1 Å². The van der Waals surface area contributed by atoms with Crippen LogP contribution in [0.25, 0.3) is 0 Å². The zero-order chi connectivity index (χ0) is 11.3. The third-order valence-corrected chi connectivity index (χ3v) is 2.38. The molecule has 0 spiro atoms. The van der Waals surface area contributed by atoms with Crippen LogP contribution in [0.2, 0.25) is 0 Å². The summed E-state index contributed by atoms with van der Waals surface area (Å²) >= 11 is 3.26. The number of hydrogen-bond acceptors (Lipinski definition) is 3. The highest BCUT2D eigenvalue weighted by atomic mass is 79.9. The average molecular weight is 275 g/mol. The highest BCUT2D eigenvalue weighted by Crippen LogP contribution is 2.26. The Morgan fingerprint density at radius 2 is 1.73 bits per heavy atom. The molecule has 0 radical (unpaired) electrons. The molecule has 1 aromatic carbocycles. The lowest BCUT2D eigenvalue weighted by Gasteiger charge is -2.14. The number of benzene rings is 1. The number of hydrogen-bond donors (Lipinski definition) is 2. The molecule has 0 fully saturated rings. The van der Waals surface area contributed by atoms with Gasteiger partial charge < -0.3 is 14.9 Å². The molecule has 3 nitrogen and oxygen atoms in total. The second kappa shape index (κ2) is 6.10. The van der Waals surface area contributed by atoms with Crippen molar-refractivity contribution in [3.8, 4) is 5.75 Å². The van der Waals surface area contributed by atoms with E-state index in [0.717, 1.165) is 22.0 Å². The molecule has 0 saturated carbocycles. The molecule has 0 aliphatic carbocycles. The van der Waals surface area contributed by atoms with Crippen molar-refractivity contribution in [2.45, 2.75) is 20.1 Å². The quantitative estimate of drug-likeness (QED) is 0.805. The fourth-order valence-corrected chi connectivity index (χ4v) is 1.65. The number of rotatable bonds is 5. The maximum atomic E-state index is 9.19. The van der Waals surface area contributed by atoms with Crippen molar-refractivity contribution in [2.75, 3.05) is 11.9 Å². The number of aliphatic hydroxyl groups excluding tert-OH is 2. The second-order valence-electron chi connectivity index (χ2n) is 3.27. The average Bonchev–Trinajstić information content (AvgIpc) is 2.26. The standard InChI is InChI=1S/C11H15BrO3/c1-8-4-9(6-13)11(15-3-2-12)10(5-8)7-14/h4-5,13-14H,2-3,6-7H2,1H3. The number of aliphatic hydroxyl groups is 2. The van der Waals surface area contributed by atoms with E-state index in [4.69, 9.17) is 4.74 Å². The predicted molar refractivity (Wildman–Crippen MR) is 62.3 cm³/mol. The minimum Gasteiger partial charge on any atom is -0.492 e. The van der Waals surface area contributed by atoms with Gasteiger partial charge in [-0.25, -0.2) is 0 Å². The minimum absolute atomic E-state index is 0.0771. The molecule has 84 valence electrons. The Kier molecular flexibility index (Phi) is 5.08. The van der Waals surface area contributed by atoms with Gasteiger partial charge in [0.15, 0.2) is 0 Å². The van der Waals surface area contributed by atoms with Crippen LogP contribution in [0.4, 0.5) is 0 Å². The molecule has 2 N–H and O–H groups in total. The van der Waals surface area contributed by atoms with Crippen molar-refractivity contribution in [1.82, 2.24) is 0 Å². The zero-order valence-corrected chi connectivity index (χ0v) is 10.2. The van der Waals surface area contributed by atoms with Gasteiger partial charge in [0.1, 0.15) is 5.75 Å². The zero-order valence-electron chi connectivity index (χ0n) is 8.66. The van der Waals surface area contributed by atoms with Gasteiger partial charge in [-0.05, 0) is 6.92 Å². The van der Waals surface area contributed by atoms with Crippen LogP contribution < -0.4 is 4.74 Å². The maximum Gasteiger partial charge on any atom is 0.130 e. The summed E-state index contributed by atoms with van der Waals surface area (Å²) in [5.41, 5.74) is 2.45. The largest absolute Gasteiger partial charge is 0.492 e. The number of halogens is 1. The smallest absolute Gasteiger partial charge is 0.130 e. The lowest BCUT2D eigenvalue weighted by molar-refractivity contribution is 0.252. The molecule has 0 aliphatic rings. The number of ether oxygens (including phenoxy) is 1. The lowest BCUT2D eigenvalue weighted by Crippen LogP contribution is -2.05. The van der Waals surface area contributed by atoms with Gasteiger partial charge in [0.2, 0.25) is 0 Å². The first-order valence-corrected chi connectivity index (χ1v) is 5.88. The van der Waals surface area contributed by atoms with Gasteiger partial charge in [-0.2, -0.15) is 0 Å². The van der Waals surface area contributed by atoms with E-state index in [-0.39, 0.29) is 13.2 Å². The molecule has 0 atom stereocenters.